The maximum atomic E-state index is 11.3. The molecule has 0 aromatic heterocycles. The summed E-state index contributed by atoms with van der Waals surface area (Å²) in [6, 6.07) is 3.11. The van der Waals surface area contributed by atoms with Crippen molar-refractivity contribution in [2.45, 2.75) is 20.8 Å². The van der Waals surface area contributed by atoms with E-state index in [0.717, 1.165) is 0 Å². The second kappa shape index (κ2) is 5.82. The van der Waals surface area contributed by atoms with E-state index in [1.165, 1.54) is 20.3 Å². The summed E-state index contributed by atoms with van der Waals surface area (Å²) in [5.74, 6) is -0.0949. The van der Waals surface area contributed by atoms with Gasteiger partial charge in [-0.25, -0.2) is 4.79 Å². The minimum Gasteiger partial charge on any atom is -0.493 e. The topological polar surface area (TPSA) is 67.8 Å². The zero-order chi connectivity index (χ0) is 14.6. The van der Waals surface area contributed by atoms with E-state index in [-0.39, 0.29) is 11.0 Å². The Bertz CT molecular complexity index is 463. The Hall–Kier alpha value is -1.91. The fraction of sp³-hybridized carbons (Fsp3) is 0.500. The first kappa shape index (κ1) is 15.1. The van der Waals surface area contributed by atoms with Crippen LogP contribution in [-0.2, 0) is 0 Å². The number of aromatic carboxylic acids is 1. The molecule has 0 atom stereocenters. The highest BCUT2D eigenvalue weighted by Gasteiger charge is 2.18. The lowest BCUT2D eigenvalue weighted by molar-refractivity contribution is 0.0697. The zero-order valence-electron chi connectivity index (χ0n) is 12.0. The first-order chi connectivity index (χ1) is 8.78. The van der Waals surface area contributed by atoms with Crippen molar-refractivity contribution in [3.8, 4) is 11.5 Å². The van der Waals surface area contributed by atoms with Crippen LogP contribution in [0.3, 0.4) is 0 Å². The van der Waals surface area contributed by atoms with Gasteiger partial charge in [-0.2, -0.15) is 0 Å². The summed E-state index contributed by atoms with van der Waals surface area (Å²) in [5.41, 5.74) is 0.741. The fourth-order valence-electron chi connectivity index (χ4n) is 1.56. The number of carboxylic acid groups (broad SMARTS) is 1. The van der Waals surface area contributed by atoms with Gasteiger partial charge in [-0.15, -0.1) is 0 Å². The maximum absolute atomic E-state index is 11.3. The summed E-state index contributed by atoms with van der Waals surface area (Å²) in [6.07, 6.45) is 0. The molecule has 106 valence electrons. The van der Waals surface area contributed by atoms with Gasteiger partial charge in [-0.05, 0) is 5.41 Å². The largest absolute Gasteiger partial charge is 0.493 e. The van der Waals surface area contributed by atoms with Gasteiger partial charge < -0.3 is 19.9 Å². The molecule has 0 bridgehead atoms. The number of rotatable bonds is 5. The summed E-state index contributed by atoms with van der Waals surface area (Å²) in [7, 11) is 3.00. The SMILES string of the molecule is COc1cc(NCC(C)(C)C)c(C(=O)O)cc1OC. The van der Waals surface area contributed by atoms with Crippen molar-refractivity contribution in [3.05, 3.63) is 17.7 Å². The monoisotopic (exact) mass is 267 g/mol. The zero-order valence-corrected chi connectivity index (χ0v) is 12.0. The molecule has 0 fully saturated rings. The lowest BCUT2D eigenvalue weighted by Crippen LogP contribution is -2.20. The minimum atomic E-state index is -1.00. The van der Waals surface area contributed by atoms with Crippen molar-refractivity contribution in [3.63, 3.8) is 0 Å². The first-order valence-electron chi connectivity index (χ1n) is 6.01. The van der Waals surface area contributed by atoms with E-state index in [1.807, 2.05) is 0 Å². The molecule has 0 amide bonds. The fourth-order valence-corrected chi connectivity index (χ4v) is 1.56. The Morgan fingerprint density at radius 3 is 2.16 bits per heavy atom. The Kier molecular flexibility index (Phi) is 4.64. The predicted molar refractivity (Wildman–Crippen MR) is 74.5 cm³/mol. The predicted octanol–water partition coefficient (Wildman–Crippen LogP) is 2.86. The summed E-state index contributed by atoms with van der Waals surface area (Å²) >= 11 is 0. The normalized spacial score (nSPS) is 11.0. The van der Waals surface area contributed by atoms with Crippen LogP contribution in [0, 0.1) is 5.41 Å². The van der Waals surface area contributed by atoms with Crippen molar-refractivity contribution < 1.29 is 19.4 Å². The van der Waals surface area contributed by atoms with Crippen LogP contribution in [0.2, 0.25) is 0 Å². The van der Waals surface area contributed by atoms with E-state index < -0.39 is 5.97 Å². The molecular formula is C14H21NO4. The molecule has 0 unspecified atom stereocenters. The van der Waals surface area contributed by atoms with Gasteiger partial charge in [0.25, 0.3) is 0 Å². The molecule has 1 rings (SSSR count). The molecule has 0 saturated heterocycles. The van der Waals surface area contributed by atoms with Crippen LogP contribution in [0.4, 0.5) is 5.69 Å². The van der Waals surface area contributed by atoms with Crippen molar-refractivity contribution in [2.24, 2.45) is 5.41 Å². The molecule has 0 spiro atoms. The van der Waals surface area contributed by atoms with Crippen molar-refractivity contribution in [2.75, 3.05) is 26.1 Å². The van der Waals surface area contributed by atoms with E-state index in [1.54, 1.807) is 6.07 Å². The third kappa shape index (κ3) is 4.05. The molecule has 0 aliphatic heterocycles. The summed E-state index contributed by atoms with van der Waals surface area (Å²) < 4.78 is 10.3. The number of ether oxygens (including phenoxy) is 2. The molecule has 0 saturated carbocycles. The number of carboxylic acids is 1. The van der Waals surface area contributed by atoms with Gasteiger partial charge in [0.1, 0.15) is 0 Å². The van der Waals surface area contributed by atoms with Crippen LogP contribution in [0.25, 0.3) is 0 Å². The Balaban J connectivity index is 3.16. The van der Waals surface area contributed by atoms with Gasteiger partial charge in [-0.1, -0.05) is 20.8 Å². The molecule has 2 N–H and O–H groups in total. The van der Waals surface area contributed by atoms with Crippen LogP contribution in [-0.4, -0.2) is 31.8 Å². The van der Waals surface area contributed by atoms with E-state index in [2.05, 4.69) is 26.1 Å². The van der Waals surface area contributed by atoms with Gasteiger partial charge in [0.2, 0.25) is 0 Å². The lowest BCUT2D eigenvalue weighted by atomic mass is 9.96. The number of nitrogens with one attached hydrogen (secondary N) is 1. The van der Waals surface area contributed by atoms with Crippen molar-refractivity contribution in [1.82, 2.24) is 0 Å². The highest BCUT2D eigenvalue weighted by Crippen LogP contribution is 2.33. The van der Waals surface area contributed by atoms with E-state index >= 15 is 0 Å². The molecule has 0 aliphatic rings. The maximum Gasteiger partial charge on any atom is 0.337 e. The molecule has 5 heteroatoms. The quantitative estimate of drug-likeness (QED) is 0.858. The number of hydrogen-bond donors (Lipinski definition) is 2. The molecule has 5 nitrogen and oxygen atoms in total. The molecule has 0 radical (unpaired) electrons. The number of benzene rings is 1. The molecule has 1 aromatic rings. The molecule has 0 heterocycles. The van der Waals surface area contributed by atoms with Crippen LogP contribution < -0.4 is 14.8 Å². The smallest absolute Gasteiger partial charge is 0.337 e. The van der Waals surface area contributed by atoms with E-state index in [4.69, 9.17) is 9.47 Å². The number of hydrogen-bond acceptors (Lipinski definition) is 4. The summed E-state index contributed by atoms with van der Waals surface area (Å²) in [5, 5.41) is 12.4. The highest BCUT2D eigenvalue weighted by atomic mass is 16.5. The second-order valence-electron chi connectivity index (χ2n) is 5.47. The molecule has 19 heavy (non-hydrogen) atoms. The Labute approximate surface area is 113 Å². The van der Waals surface area contributed by atoms with Crippen LogP contribution >= 0.6 is 0 Å². The Morgan fingerprint density at radius 2 is 1.74 bits per heavy atom. The summed E-state index contributed by atoms with van der Waals surface area (Å²) in [6.45, 7) is 6.87. The van der Waals surface area contributed by atoms with Crippen LogP contribution in [0.15, 0.2) is 12.1 Å². The summed E-state index contributed by atoms with van der Waals surface area (Å²) in [4.78, 5) is 11.3. The second-order valence-corrected chi connectivity index (χ2v) is 5.47. The third-order valence-corrected chi connectivity index (χ3v) is 2.56. The average Bonchev–Trinajstić information content (AvgIpc) is 2.33. The Morgan fingerprint density at radius 1 is 1.21 bits per heavy atom. The molecule has 0 aliphatic carbocycles. The van der Waals surface area contributed by atoms with Crippen LogP contribution in [0.1, 0.15) is 31.1 Å². The average molecular weight is 267 g/mol. The van der Waals surface area contributed by atoms with Gasteiger partial charge in [-0.3, -0.25) is 0 Å². The molecule has 1 aromatic carbocycles. The number of methoxy groups -OCH3 is 2. The van der Waals surface area contributed by atoms with Gasteiger partial charge in [0, 0.05) is 18.7 Å². The highest BCUT2D eigenvalue weighted by molar-refractivity contribution is 5.95. The first-order valence-corrected chi connectivity index (χ1v) is 6.01. The minimum absolute atomic E-state index is 0.0446. The number of carbonyl (C=O) groups is 1. The third-order valence-electron chi connectivity index (χ3n) is 2.56. The lowest BCUT2D eigenvalue weighted by Gasteiger charge is -2.21. The standard InChI is InChI=1S/C14H21NO4/c1-14(2,3)8-15-10-7-12(19-5)11(18-4)6-9(10)13(16)17/h6-7,15H,8H2,1-5H3,(H,16,17). The van der Waals surface area contributed by atoms with Crippen LogP contribution in [0.5, 0.6) is 11.5 Å². The van der Waals surface area contributed by atoms with Crippen molar-refractivity contribution in [1.29, 1.82) is 0 Å². The van der Waals surface area contributed by atoms with Gasteiger partial charge in [0.15, 0.2) is 11.5 Å². The van der Waals surface area contributed by atoms with Gasteiger partial charge in [0.05, 0.1) is 25.5 Å². The van der Waals surface area contributed by atoms with Crippen molar-refractivity contribution >= 4 is 11.7 Å². The number of anilines is 1. The molecular weight excluding hydrogens is 246 g/mol. The van der Waals surface area contributed by atoms with Gasteiger partial charge >= 0.3 is 5.97 Å². The van der Waals surface area contributed by atoms with E-state index in [9.17, 15) is 9.90 Å². The van der Waals surface area contributed by atoms with E-state index in [0.29, 0.717) is 23.7 Å².